The number of rotatable bonds is 0. The molecule has 0 amide bonds. The number of aryl methyl sites for hydroxylation is 2. The van der Waals surface area contributed by atoms with Crippen molar-refractivity contribution in [3.8, 4) is 0 Å². The van der Waals surface area contributed by atoms with Crippen molar-refractivity contribution >= 4 is 0 Å². The Labute approximate surface area is 81.5 Å². The van der Waals surface area contributed by atoms with Gasteiger partial charge in [0.05, 0.1) is 0 Å². The van der Waals surface area contributed by atoms with Crippen molar-refractivity contribution in [3.63, 3.8) is 0 Å². The zero-order valence-electron chi connectivity index (χ0n) is 5.81. The van der Waals surface area contributed by atoms with Crippen LogP contribution in [0.2, 0.25) is 0 Å². The molecule has 1 aromatic carbocycles. The molecule has 0 radical (unpaired) electrons. The average Bonchev–Trinajstić information content (AvgIpc) is 1.77. The molecule has 0 heterocycles. The van der Waals surface area contributed by atoms with E-state index in [1.165, 1.54) is 11.1 Å². The Kier molecular flexibility index (Phi) is 4.34. The Hall–Kier alpha value is 0.324. The molecule has 9 heavy (non-hydrogen) atoms. The first-order chi connectivity index (χ1) is 3.80. The van der Waals surface area contributed by atoms with Crippen LogP contribution in [-0.4, -0.2) is 0 Å². The van der Waals surface area contributed by atoms with E-state index in [2.05, 4.69) is 26.0 Å². The second-order valence-corrected chi connectivity index (χ2v) is 2.01. The third kappa shape index (κ3) is 2.60. The van der Waals surface area contributed by atoms with E-state index < -0.39 is 0 Å². The summed E-state index contributed by atoms with van der Waals surface area (Å²) in [6, 6.07) is 8.99. The Morgan fingerprint density at radius 3 is 2.22 bits per heavy atom. The molecule has 0 N–H and O–H groups in total. The maximum absolute atomic E-state index is 3.00. The first kappa shape index (κ1) is 9.32. The van der Waals surface area contributed by atoms with E-state index in [1.807, 2.05) is 12.1 Å². The molecule has 0 aliphatic carbocycles. The summed E-state index contributed by atoms with van der Waals surface area (Å²) in [4.78, 5) is 0. The van der Waals surface area contributed by atoms with E-state index in [1.54, 1.807) is 0 Å². The number of hydrogen-bond acceptors (Lipinski definition) is 0. The van der Waals surface area contributed by atoms with Gasteiger partial charge < -0.3 is 0 Å². The molecule has 0 unspecified atom stereocenters. The monoisotopic (exact) mass is 194 g/mol. The normalized spacial score (nSPS) is 8.22. The first-order valence-electron chi connectivity index (χ1n) is 2.74. The summed E-state index contributed by atoms with van der Waals surface area (Å²) in [6.45, 7) is 4.19. The number of hydrogen-bond donors (Lipinski definition) is 0. The van der Waals surface area contributed by atoms with Crippen LogP contribution in [0.5, 0.6) is 0 Å². The fourth-order valence-corrected chi connectivity index (χ4v) is 0.592. The third-order valence-corrected chi connectivity index (χ3v) is 1.35. The zero-order chi connectivity index (χ0) is 5.98. The topological polar surface area (TPSA) is 0 Å². The molecule has 1 heteroatoms. The minimum absolute atomic E-state index is 0. The minimum Gasteiger partial charge on any atom is -0.184 e. The molecule has 0 spiro atoms. The quantitative estimate of drug-likeness (QED) is 0.555. The molecule has 0 saturated carbocycles. The Balaban J connectivity index is 0.000000640. The minimum atomic E-state index is 0. The molecule has 0 atom stereocenters. The summed E-state index contributed by atoms with van der Waals surface area (Å²) in [5.41, 5.74) is 2.65. The second-order valence-electron chi connectivity index (χ2n) is 2.01. The van der Waals surface area contributed by atoms with Gasteiger partial charge in [0.2, 0.25) is 0 Å². The van der Waals surface area contributed by atoms with Crippen LogP contribution in [0.15, 0.2) is 18.2 Å². The van der Waals surface area contributed by atoms with Crippen molar-refractivity contribution in [1.82, 2.24) is 0 Å². The molecule has 0 aliphatic heterocycles. The first-order valence-corrected chi connectivity index (χ1v) is 2.74. The van der Waals surface area contributed by atoms with Gasteiger partial charge in [-0.25, -0.2) is 0 Å². The van der Waals surface area contributed by atoms with Crippen LogP contribution in [0.25, 0.3) is 0 Å². The van der Waals surface area contributed by atoms with Crippen molar-refractivity contribution in [2.24, 2.45) is 0 Å². The smallest absolute Gasteiger partial charge is 0.184 e. The molecular weight excluding hydrogens is 185 g/mol. The Morgan fingerprint density at radius 2 is 1.89 bits per heavy atom. The van der Waals surface area contributed by atoms with Gasteiger partial charge in [-0.2, -0.15) is 35.4 Å². The molecule has 1 rings (SSSR count). The molecule has 0 fully saturated rings. The molecule has 0 aliphatic rings. The summed E-state index contributed by atoms with van der Waals surface area (Å²) < 4.78 is 0. The van der Waals surface area contributed by atoms with Gasteiger partial charge in [0.1, 0.15) is 0 Å². The predicted molar refractivity (Wildman–Crippen MR) is 34.8 cm³/mol. The van der Waals surface area contributed by atoms with Gasteiger partial charge in [0.25, 0.3) is 0 Å². The molecule has 0 aromatic heterocycles. The van der Waals surface area contributed by atoms with Crippen molar-refractivity contribution in [1.29, 1.82) is 0 Å². The maximum atomic E-state index is 3.00. The number of benzene rings is 1. The van der Waals surface area contributed by atoms with Gasteiger partial charge in [0.15, 0.2) is 0 Å². The third-order valence-electron chi connectivity index (χ3n) is 1.35. The van der Waals surface area contributed by atoms with Crippen LogP contribution in [0, 0.1) is 19.9 Å². The predicted octanol–water partition coefficient (Wildman–Crippen LogP) is 2.10. The van der Waals surface area contributed by atoms with Crippen LogP contribution in [0.1, 0.15) is 11.1 Å². The van der Waals surface area contributed by atoms with Crippen molar-refractivity contribution < 1.29 is 32.7 Å². The van der Waals surface area contributed by atoms with Crippen molar-refractivity contribution in [3.05, 3.63) is 35.4 Å². The van der Waals surface area contributed by atoms with Crippen LogP contribution in [-0.2, 0) is 32.7 Å². The van der Waals surface area contributed by atoms with Crippen molar-refractivity contribution in [2.75, 3.05) is 0 Å². The van der Waals surface area contributed by atoms with Crippen LogP contribution >= 0.6 is 0 Å². The summed E-state index contributed by atoms with van der Waals surface area (Å²) in [7, 11) is 0. The summed E-state index contributed by atoms with van der Waals surface area (Å²) in [6.07, 6.45) is 0. The summed E-state index contributed by atoms with van der Waals surface area (Å²) in [5, 5.41) is 0. The largest absolute Gasteiger partial charge is 3.00 e. The van der Waals surface area contributed by atoms with Crippen LogP contribution < -0.4 is 0 Å². The standard InChI is InChI=1S/C8H9.Y/c1-7-5-3-4-6-8(7)2;/h3,5-6H,1-2H3;/q-1;+3. The molecule has 1 aromatic rings. The van der Waals surface area contributed by atoms with Gasteiger partial charge in [-0.15, -0.1) is 0 Å². The van der Waals surface area contributed by atoms with Crippen LogP contribution in [0.3, 0.4) is 0 Å². The van der Waals surface area contributed by atoms with E-state index in [0.29, 0.717) is 0 Å². The molecule has 42 valence electrons. The molecule has 0 saturated heterocycles. The van der Waals surface area contributed by atoms with E-state index in [9.17, 15) is 0 Å². The Bertz CT molecular complexity index is 161. The van der Waals surface area contributed by atoms with Gasteiger partial charge >= 0.3 is 32.7 Å². The fraction of sp³-hybridized carbons (Fsp3) is 0.250. The van der Waals surface area contributed by atoms with Gasteiger partial charge in [-0.1, -0.05) is 13.8 Å². The van der Waals surface area contributed by atoms with E-state index in [-0.39, 0.29) is 32.7 Å². The van der Waals surface area contributed by atoms with Gasteiger partial charge in [0, 0.05) is 0 Å². The van der Waals surface area contributed by atoms with Crippen molar-refractivity contribution in [2.45, 2.75) is 13.8 Å². The summed E-state index contributed by atoms with van der Waals surface area (Å²) in [5.74, 6) is 0. The average molecular weight is 194 g/mol. The summed E-state index contributed by atoms with van der Waals surface area (Å²) >= 11 is 0. The zero-order valence-corrected chi connectivity index (χ0v) is 8.65. The van der Waals surface area contributed by atoms with E-state index in [4.69, 9.17) is 0 Å². The molecular formula is C8H9Y+2. The molecule has 0 bridgehead atoms. The second kappa shape index (κ2) is 4.19. The molecule has 0 nitrogen and oxygen atoms in total. The maximum Gasteiger partial charge on any atom is 3.00 e. The van der Waals surface area contributed by atoms with Gasteiger partial charge in [-0.3, -0.25) is 0 Å². The Morgan fingerprint density at radius 1 is 1.22 bits per heavy atom. The fourth-order valence-electron chi connectivity index (χ4n) is 0.592. The van der Waals surface area contributed by atoms with E-state index in [0.717, 1.165) is 0 Å². The van der Waals surface area contributed by atoms with Gasteiger partial charge in [-0.05, 0) is 0 Å². The van der Waals surface area contributed by atoms with Crippen LogP contribution in [0.4, 0.5) is 0 Å². The van der Waals surface area contributed by atoms with E-state index >= 15 is 0 Å². The SMILES string of the molecule is Cc1c[c-]ccc1C.[Y+3].